The molecule has 1 saturated carbocycles. The van der Waals surface area contributed by atoms with Crippen molar-refractivity contribution in [1.29, 1.82) is 0 Å². The summed E-state index contributed by atoms with van der Waals surface area (Å²) in [4.78, 5) is 4.58. The molecule has 2 rings (SSSR count). The highest BCUT2D eigenvalue weighted by atomic mass is 32.1. The fourth-order valence-corrected chi connectivity index (χ4v) is 3.18. The van der Waals surface area contributed by atoms with Gasteiger partial charge in [-0.3, -0.25) is 0 Å². The summed E-state index contributed by atoms with van der Waals surface area (Å²) in [7, 11) is 0. The molecule has 0 N–H and O–H groups in total. The van der Waals surface area contributed by atoms with Crippen molar-refractivity contribution in [3.63, 3.8) is 0 Å². The van der Waals surface area contributed by atoms with Gasteiger partial charge in [0.1, 0.15) is 0 Å². The summed E-state index contributed by atoms with van der Waals surface area (Å²) in [6.45, 7) is 4.40. The summed E-state index contributed by atoms with van der Waals surface area (Å²) in [6, 6.07) is 0. The van der Waals surface area contributed by atoms with Crippen molar-refractivity contribution < 1.29 is 0 Å². The highest BCUT2D eigenvalue weighted by Gasteiger charge is 2.26. The van der Waals surface area contributed by atoms with E-state index in [0.717, 1.165) is 11.8 Å². The largest absolute Gasteiger partial charge is 0.246 e. The zero-order valence-electron chi connectivity index (χ0n) is 8.42. The standard InChI is InChI=1S/C11H17NS/c1-3-9-4-5-10(6-9)11-12-8(2)7-13-11/h7,9-10H,3-6H2,1-2H3. The SMILES string of the molecule is CCC1CCC(c2nc(C)cs2)C1. The number of aryl methyl sites for hydroxylation is 1. The van der Waals surface area contributed by atoms with E-state index in [0.29, 0.717) is 0 Å². The predicted molar refractivity (Wildman–Crippen MR) is 57.2 cm³/mol. The van der Waals surface area contributed by atoms with Gasteiger partial charge in [-0.05, 0) is 32.1 Å². The second-order valence-corrected chi connectivity index (χ2v) is 5.00. The molecular formula is C11H17NS. The number of nitrogens with zero attached hydrogens (tertiary/aromatic N) is 1. The fourth-order valence-electron chi connectivity index (χ4n) is 2.23. The Kier molecular flexibility index (Phi) is 2.68. The summed E-state index contributed by atoms with van der Waals surface area (Å²) < 4.78 is 0. The van der Waals surface area contributed by atoms with E-state index in [1.807, 2.05) is 11.3 Å². The van der Waals surface area contributed by atoms with Gasteiger partial charge in [-0.15, -0.1) is 11.3 Å². The van der Waals surface area contributed by atoms with Crippen molar-refractivity contribution in [2.24, 2.45) is 5.92 Å². The molecule has 2 heteroatoms. The van der Waals surface area contributed by atoms with Crippen molar-refractivity contribution in [3.8, 4) is 0 Å². The van der Waals surface area contributed by atoms with Gasteiger partial charge in [0.25, 0.3) is 0 Å². The molecule has 1 nitrogen and oxygen atoms in total. The van der Waals surface area contributed by atoms with Crippen LogP contribution in [0.3, 0.4) is 0 Å². The van der Waals surface area contributed by atoms with Crippen LogP contribution in [0.4, 0.5) is 0 Å². The lowest BCUT2D eigenvalue weighted by atomic mass is 10.0. The van der Waals surface area contributed by atoms with Crippen LogP contribution < -0.4 is 0 Å². The second-order valence-electron chi connectivity index (χ2n) is 4.11. The third-order valence-corrected chi connectivity index (χ3v) is 4.23. The van der Waals surface area contributed by atoms with Crippen LogP contribution in [-0.4, -0.2) is 4.98 Å². The Labute approximate surface area is 84.2 Å². The first-order valence-corrected chi connectivity index (χ1v) is 6.09. The van der Waals surface area contributed by atoms with E-state index in [9.17, 15) is 0 Å². The third kappa shape index (κ3) is 1.93. The molecule has 0 saturated heterocycles. The lowest BCUT2D eigenvalue weighted by molar-refractivity contribution is 0.521. The molecule has 13 heavy (non-hydrogen) atoms. The van der Waals surface area contributed by atoms with Gasteiger partial charge in [0.05, 0.1) is 5.01 Å². The van der Waals surface area contributed by atoms with Crippen molar-refractivity contribution in [2.45, 2.75) is 45.4 Å². The Morgan fingerprint density at radius 1 is 1.54 bits per heavy atom. The number of rotatable bonds is 2. The first-order chi connectivity index (χ1) is 6.29. The van der Waals surface area contributed by atoms with Gasteiger partial charge in [0.15, 0.2) is 0 Å². The van der Waals surface area contributed by atoms with Crippen LogP contribution in [-0.2, 0) is 0 Å². The number of hydrogen-bond acceptors (Lipinski definition) is 2. The first kappa shape index (κ1) is 9.20. The van der Waals surface area contributed by atoms with Gasteiger partial charge in [0.2, 0.25) is 0 Å². The van der Waals surface area contributed by atoms with E-state index >= 15 is 0 Å². The van der Waals surface area contributed by atoms with Gasteiger partial charge >= 0.3 is 0 Å². The Morgan fingerprint density at radius 2 is 2.38 bits per heavy atom. The Morgan fingerprint density at radius 3 is 2.92 bits per heavy atom. The minimum atomic E-state index is 0.781. The van der Waals surface area contributed by atoms with Crippen LogP contribution in [0.1, 0.15) is 49.2 Å². The van der Waals surface area contributed by atoms with Crippen LogP contribution in [0.25, 0.3) is 0 Å². The highest BCUT2D eigenvalue weighted by Crippen LogP contribution is 2.40. The van der Waals surface area contributed by atoms with Crippen LogP contribution in [0, 0.1) is 12.8 Å². The number of hydrogen-bond donors (Lipinski definition) is 0. The van der Waals surface area contributed by atoms with Crippen molar-refractivity contribution in [1.82, 2.24) is 4.98 Å². The number of aromatic nitrogens is 1. The first-order valence-electron chi connectivity index (χ1n) is 5.21. The summed E-state index contributed by atoms with van der Waals surface area (Å²) in [5.74, 6) is 1.75. The average molecular weight is 195 g/mol. The summed E-state index contributed by atoms with van der Waals surface area (Å²) in [5.41, 5.74) is 1.19. The molecule has 0 bridgehead atoms. The maximum absolute atomic E-state index is 4.58. The van der Waals surface area contributed by atoms with Gasteiger partial charge in [-0.25, -0.2) is 4.98 Å². The van der Waals surface area contributed by atoms with E-state index < -0.39 is 0 Å². The molecule has 1 aliphatic carbocycles. The molecule has 0 aromatic carbocycles. The molecule has 2 unspecified atom stereocenters. The quantitative estimate of drug-likeness (QED) is 0.700. The van der Waals surface area contributed by atoms with E-state index in [1.54, 1.807) is 0 Å². The van der Waals surface area contributed by atoms with Crippen molar-refractivity contribution >= 4 is 11.3 Å². The van der Waals surface area contributed by atoms with E-state index in [4.69, 9.17) is 0 Å². The van der Waals surface area contributed by atoms with Gasteiger partial charge in [-0.2, -0.15) is 0 Å². The average Bonchev–Trinajstić information content (AvgIpc) is 2.71. The topological polar surface area (TPSA) is 12.9 Å². The molecule has 72 valence electrons. The second kappa shape index (κ2) is 3.79. The molecule has 0 radical (unpaired) electrons. The molecule has 1 heterocycles. The van der Waals surface area contributed by atoms with Crippen LogP contribution in [0.5, 0.6) is 0 Å². The van der Waals surface area contributed by atoms with Crippen LogP contribution in [0.15, 0.2) is 5.38 Å². The van der Waals surface area contributed by atoms with Crippen LogP contribution in [0.2, 0.25) is 0 Å². The van der Waals surface area contributed by atoms with E-state index in [-0.39, 0.29) is 0 Å². The molecule has 1 aliphatic rings. The highest BCUT2D eigenvalue weighted by molar-refractivity contribution is 7.09. The Balaban J connectivity index is 2.03. The molecule has 2 atom stereocenters. The van der Waals surface area contributed by atoms with Crippen molar-refractivity contribution in [2.75, 3.05) is 0 Å². The predicted octanol–water partition coefficient (Wildman–Crippen LogP) is 3.75. The minimum Gasteiger partial charge on any atom is -0.246 e. The Hall–Kier alpha value is -0.370. The van der Waals surface area contributed by atoms with Gasteiger partial charge in [0, 0.05) is 17.0 Å². The normalized spacial score (nSPS) is 28.2. The molecule has 1 fully saturated rings. The molecule has 0 aliphatic heterocycles. The minimum absolute atomic E-state index is 0.781. The third-order valence-electron chi connectivity index (χ3n) is 3.10. The smallest absolute Gasteiger partial charge is 0.0959 e. The zero-order valence-corrected chi connectivity index (χ0v) is 9.23. The molecule has 0 spiro atoms. The maximum atomic E-state index is 4.58. The lowest BCUT2D eigenvalue weighted by Gasteiger charge is -2.05. The van der Waals surface area contributed by atoms with Gasteiger partial charge in [-0.1, -0.05) is 13.3 Å². The molecule has 1 aromatic rings. The molecular weight excluding hydrogens is 178 g/mol. The molecule has 0 amide bonds. The van der Waals surface area contributed by atoms with Gasteiger partial charge < -0.3 is 0 Å². The molecule has 1 aromatic heterocycles. The summed E-state index contributed by atoms with van der Waals surface area (Å²) in [6.07, 6.45) is 5.51. The summed E-state index contributed by atoms with van der Waals surface area (Å²) >= 11 is 1.85. The monoisotopic (exact) mass is 195 g/mol. The van der Waals surface area contributed by atoms with Crippen molar-refractivity contribution in [3.05, 3.63) is 16.1 Å². The van der Waals surface area contributed by atoms with E-state index in [2.05, 4.69) is 24.2 Å². The zero-order chi connectivity index (χ0) is 9.26. The lowest BCUT2D eigenvalue weighted by Crippen LogP contribution is -1.94. The maximum Gasteiger partial charge on any atom is 0.0959 e. The number of thiazole rings is 1. The fraction of sp³-hybridized carbons (Fsp3) is 0.727. The Bertz CT molecular complexity index is 279. The summed E-state index contributed by atoms with van der Waals surface area (Å²) in [5, 5.41) is 3.56. The van der Waals surface area contributed by atoms with Crippen LogP contribution >= 0.6 is 11.3 Å². The van der Waals surface area contributed by atoms with E-state index in [1.165, 1.54) is 36.4 Å².